The molecule has 1 aliphatic rings. The van der Waals surface area contributed by atoms with E-state index >= 15 is 0 Å². The lowest BCUT2D eigenvalue weighted by Gasteiger charge is -2.15. The van der Waals surface area contributed by atoms with Crippen molar-refractivity contribution in [2.75, 3.05) is 19.6 Å². The number of hydrogen-bond donors (Lipinski definition) is 3. The SMILES string of the molecule is C/C(Cl)=C\CC(C/C=C\NC=O)OC(=O)NCCCNC(=O)CCCCCN1C(=O)C=CC1=O. The zero-order valence-electron chi connectivity index (χ0n) is 19.4. The van der Waals surface area contributed by atoms with E-state index in [1.54, 1.807) is 19.1 Å². The molecule has 0 spiro atoms. The van der Waals surface area contributed by atoms with Crippen LogP contribution < -0.4 is 16.0 Å². The molecule has 5 amide bonds. The fourth-order valence-corrected chi connectivity index (χ4v) is 3.07. The quantitative estimate of drug-likeness (QED) is 0.161. The highest BCUT2D eigenvalue weighted by atomic mass is 35.5. The number of nitrogens with one attached hydrogen (secondary N) is 3. The van der Waals surface area contributed by atoms with Gasteiger partial charge in [-0.05, 0) is 32.4 Å². The fraction of sp³-hybridized carbons (Fsp3) is 0.522. The third-order valence-electron chi connectivity index (χ3n) is 4.75. The van der Waals surface area contributed by atoms with Gasteiger partial charge in [0.1, 0.15) is 6.10 Å². The van der Waals surface area contributed by atoms with Gasteiger partial charge < -0.3 is 20.7 Å². The maximum atomic E-state index is 12.0. The molecule has 0 aromatic carbocycles. The van der Waals surface area contributed by atoms with Crippen LogP contribution >= 0.6 is 11.6 Å². The molecule has 0 saturated heterocycles. The monoisotopic (exact) mass is 496 g/mol. The molecule has 0 saturated carbocycles. The van der Waals surface area contributed by atoms with Crippen LogP contribution in [0.15, 0.2) is 35.5 Å². The van der Waals surface area contributed by atoms with Gasteiger partial charge in [-0.15, -0.1) is 0 Å². The molecule has 1 unspecified atom stereocenters. The summed E-state index contributed by atoms with van der Waals surface area (Å²) in [6.07, 6.45) is 10.8. The second-order valence-corrected chi connectivity index (χ2v) is 8.18. The predicted molar refractivity (Wildman–Crippen MR) is 127 cm³/mol. The Labute approximate surface area is 204 Å². The second kappa shape index (κ2) is 17.4. The lowest BCUT2D eigenvalue weighted by atomic mass is 10.1. The van der Waals surface area contributed by atoms with Gasteiger partial charge in [0, 0.05) is 56.1 Å². The molecular formula is C23H33ClN4O6. The highest BCUT2D eigenvalue weighted by Gasteiger charge is 2.22. The normalized spacial score (nSPS) is 14.4. The average molecular weight is 497 g/mol. The van der Waals surface area contributed by atoms with Gasteiger partial charge in [-0.25, -0.2) is 4.79 Å². The maximum absolute atomic E-state index is 12.0. The third kappa shape index (κ3) is 13.4. The van der Waals surface area contributed by atoms with Gasteiger partial charge in [0.25, 0.3) is 11.8 Å². The van der Waals surface area contributed by atoms with E-state index in [9.17, 15) is 24.0 Å². The van der Waals surface area contributed by atoms with Crippen LogP contribution in [0.2, 0.25) is 0 Å². The summed E-state index contributed by atoms with van der Waals surface area (Å²) in [5, 5.41) is 8.41. The zero-order chi connectivity index (χ0) is 25.2. The summed E-state index contributed by atoms with van der Waals surface area (Å²) in [6.45, 7) is 2.85. The van der Waals surface area contributed by atoms with Crippen LogP contribution in [-0.4, -0.2) is 60.9 Å². The highest BCUT2D eigenvalue weighted by molar-refractivity contribution is 6.29. The van der Waals surface area contributed by atoms with Crippen molar-refractivity contribution in [1.29, 1.82) is 0 Å². The van der Waals surface area contributed by atoms with Gasteiger partial charge in [-0.1, -0.05) is 30.2 Å². The van der Waals surface area contributed by atoms with Crippen molar-refractivity contribution in [2.45, 2.75) is 58.0 Å². The smallest absolute Gasteiger partial charge is 0.407 e. The lowest BCUT2D eigenvalue weighted by molar-refractivity contribution is -0.137. The van der Waals surface area contributed by atoms with Gasteiger partial charge in [0.2, 0.25) is 12.3 Å². The van der Waals surface area contributed by atoms with E-state index in [1.807, 2.05) is 0 Å². The number of unbranched alkanes of at least 4 members (excludes halogenated alkanes) is 2. The molecule has 11 heteroatoms. The Balaban J connectivity index is 2.12. The lowest BCUT2D eigenvalue weighted by Crippen LogP contribution is -2.32. The Morgan fingerprint density at radius 1 is 1.06 bits per heavy atom. The van der Waals surface area contributed by atoms with E-state index in [2.05, 4.69) is 16.0 Å². The molecule has 188 valence electrons. The molecule has 34 heavy (non-hydrogen) atoms. The number of amides is 5. The van der Waals surface area contributed by atoms with Crippen LogP contribution in [0.4, 0.5) is 4.79 Å². The first kappa shape index (κ1) is 28.9. The first-order valence-corrected chi connectivity index (χ1v) is 11.6. The molecule has 1 atom stereocenters. The van der Waals surface area contributed by atoms with E-state index < -0.39 is 12.2 Å². The summed E-state index contributed by atoms with van der Waals surface area (Å²) >= 11 is 5.84. The van der Waals surface area contributed by atoms with Crippen LogP contribution in [-0.2, 0) is 23.9 Å². The summed E-state index contributed by atoms with van der Waals surface area (Å²) in [5.41, 5.74) is 0. The summed E-state index contributed by atoms with van der Waals surface area (Å²) in [5.74, 6) is -0.667. The van der Waals surface area contributed by atoms with Gasteiger partial charge in [-0.2, -0.15) is 0 Å². The topological polar surface area (TPSA) is 134 Å². The average Bonchev–Trinajstić information content (AvgIpc) is 3.11. The van der Waals surface area contributed by atoms with Crippen molar-refractivity contribution in [3.63, 3.8) is 0 Å². The Morgan fingerprint density at radius 3 is 2.44 bits per heavy atom. The molecule has 3 N–H and O–H groups in total. The van der Waals surface area contributed by atoms with Gasteiger partial charge in [0.15, 0.2) is 0 Å². The number of hydrogen-bond acceptors (Lipinski definition) is 6. The van der Waals surface area contributed by atoms with Crippen LogP contribution in [0.3, 0.4) is 0 Å². The number of carbonyl (C=O) groups is 5. The summed E-state index contributed by atoms with van der Waals surface area (Å²) in [4.78, 5) is 58.2. The molecule has 1 rings (SSSR count). The molecule has 0 radical (unpaired) electrons. The van der Waals surface area contributed by atoms with Crippen molar-refractivity contribution in [1.82, 2.24) is 20.9 Å². The largest absolute Gasteiger partial charge is 0.446 e. The number of carbonyl (C=O) groups excluding carboxylic acids is 5. The van der Waals surface area contributed by atoms with E-state index in [0.29, 0.717) is 69.6 Å². The van der Waals surface area contributed by atoms with Crippen LogP contribution in [0, 0.1) is 0 Å². The minimum absolute atomic E-state index is 0.0865. The van der Waals surface area contributed by atoms with Crippen LogP contribution in [0.25, 0.3) is 0 Å². The number of alkyl carbamates (subject to hydrolysis) is 1. The molecule has 10 nitrogen and oxygen atoms in total. The van der Waals surface area contributed by atoms with Crippen molar-refractivity contribution in [3.8, 4) is 0 Å². The Hall–Kier alpha value is -3.14. The molecule has 0 aliphatic carbocycles. The molecule has 0 bridgehead atoms. The number of nitrogens with zero attached hydrogens (tertiary/aromatic N) is 1. The van der Waals surface area contributed by atoms with Gasteiger partial charge >= 0.3 is 6.09 Å². The maximum Gasteiger partial charge on any atom is 0.407 e. The molecule has 1 aliphatic heterocycles. The minimum Gasteiger partial charge on any atom is -0.446 e. The standard InChI is InChI=1S/C23H33ClN4O6/c1-18(24)9-10-19(7-5-13-25-17-29)34-23(33)27-15-6-14-26-20(30)8-3-2-4-16-28-21(31)11-12-22(28)32/h5,9,11-13,17,19H,2-4,6-8,10,14-16H2,1H3,(H,25,29)(H,26,30)(H,27,33)/b13-5-,18-9+. The fourth-order valence-electron chi connectivity index (χ4n) is 2.99. The van der Waals surface area contributed by atoms with E-state index in [0.717, 1.165) is 6.42 Å². The number of rotatable bonds is 17. The van der Waals surface area contributed by atoms with Crippen molar-refractivity contribution < 1.29 is 28.7 Å². The number of allylic oxidation sites excluding steroid dienone is 1. The van der Waals surface area contributed by atoms with E-state index in [1.165, 1.54) is 23.3 Å². The molecule has 1 heterocycles. The van der Waals surface area contributed by atoms with Gasteiger partial charge in [-0.3, -0.25) is 24.1 Å². The molecule has 0 aromatic rings. The number of ether oxygens (including phenoxy) is 1. The van der Waals surface area contributed by atoms with Crippen molar-refractivity contribution in [3.05, 3.63) is 35.5 Å². The molecule has 0 aromatic heterocycles. The predicted octanol–water partition coefficient (Wildman–Crippen LogP) is 2.26. The second-order valence-electron chi connectivity index (χ2n) is 7.58. The van der Waals surface area contributed by atoms with Crippen molar-refractivity contribution in [2.24, 2.45) is 0 Å². The minimum atomic E-state index is -0.570. The van der Waals surface area contributed by atoms with Crippen LogP contribution in [0.1, 0.15) is 51.9 Å². The highest BCUT2D eigenvalue weighted by Crippen LogP contribution is 2.10. The van der Waals surface area contributed by atoms with E-state index in [-0.39, 0.29) is 17.7 Å². The first-order chi connectivity index (χ1) is 16.3. The molecule has 0 fully saturated rings. The van der Waals surface area contributed by atoms with Gasteiger partial charge in [0.05, 0.1) is 0 Å². The number of halogens is 1. The first-order valence-electron chi connectivity index (χ1n) is 11.2. The Kier molecular flexibility index (Phi) is 14.7. The summed E-state index contributed by atoms with van der Waals surface area (Å²) in [7, 11) is 0. The van der Waals surface area contributed by atoms with Crippen LogP contribution in [0.5, 0.6) is 0 Å². The van der Waals surface area contributed by atoms with Crippen molar-refractivity contribution >= 4 is 41.8 Å². The third-order valence-corrected chi connectivity index (χ3v) is 4.90. The summed E-state index contributed by atoms with van der Waals surface area (Å²) < 4.78 is 5.38. The number of imide groups is 1. The molecular weight excluding hydrogens is 464 g/mol. The van der Waals surface area contributed by atoms with E-state index in [4.69, 9.17) is 16.3 Å². The Morgan fingerprint density at radius 2 is 1.76 bits per heavy atom. The zero-order valence-corrected chi connectivity index (χ0v) is 20.1. The Bertz CT molecular complexity index is 774. The summed E-state index contributed by atoms with van der Waals surface area (Å²) in [6, 6.07) is 0.